The predicted molar refractivity (Wildman–Crippen MR) is 65.7 cm³/mol. The lowest BCUT2D eigenvalue weighted by Crippen LogP contribution is -2.44. The SMILES string of the molecule is CSC1CCCC1NC(=O)C(C)C(N)=NO. The molecule has 0 aromatic carbocycles. The monoisotopic (exact) mass is 245 g/mol. The second-order valence-corrected chi connectivity index (χ2v) is 5.14. The minimum atomic E-state index is -0.576. The molecule has 4 N–H and O–H groups in total. The summed E-state index contributed by atoms with van der Waals surface area (Å²) >= 11 is 1.78. The van der Waals surface area contributed by atoms with E-state index in [0.29, 0.717) is 5.25 Å². The van der Waals surface area contributed by atoms with Crippen LogP contribution in [0.2, 0.25) is 0 Å². The van der Waals surface area contributed by atoms with Crippen LogP contribution in [0.4, 0.5) is 0 Å². The molecule has 0 spiro atoms. The molecule has 1 saturated carbocycles. The minimum absolute atomic E-state index is 0.0452. The molecule has 0 bridgehead atoms. The van der Waals surface area contributed by atoms with Crippen molar-refractivity contribution in [2.24, 2.45) is 16.8 Å². The van der Waals surface area contributed by atoms with Crippen molar-refractivity contribution in [1.82, 2.24) is 5.32 Å². The molecule has 1 amide bonds. The molecule has 0 radical (unpaired) electrons. The molecule has 0 aromatic rings. The van der Waals surface area contributed by atoms with Crippen LogP contribution in [0.15, 0.2) is 5.16 Å². The third-order valence-corrected chi connectivity index (χ3v) is 4.21. The molecule has 0 aliphatic heterocycles. The van der Waals surface area contributed by atoms with Crippen LogP contribution in [0.3, 0.4) is 0 Å². The Bertz CT molecular complexity index is 283. The van der Waals surface area contributed by atoms with Gasteiger partial charge in [0.15, 0.2) is 5.84 Å². The molecule has 3 unspecified atom stereocenters. The number of rotatable bonds is 4. The van der Waals surface area contributed by atoms with E-state index in [1.165, 1.54) is 0 Å². The van der Waals surface area contributed by atoms with E-state index in [1.807, 2.05) is 0 Å². The molecule has 0 aromatic heterocycles. The maximum atomic E-state index is 11.8. The van der Waals surface area contributed by atoms with Crippen molar-refractivity contribution < 1.29 is 10.0 Å². The van der Waals surface area contributed by atoms with E-state index in [4.69, 9.17) is 10.9 Å². The van der Waals surface area contributed by atoms with Crippen LogP contribution in [0.1, 0.15) is 26.2 Å². The van der Waals surface area contributed by atoms with Gasteiger partial charge in [0.1, 0.15) is 0 Å². The third-order valence-electron chi connectivity index (χ3n) is 3.04. The number of nitrogens with two attached hydrogens (primary N) is 1. The zero-order valence-electron chi connectivity index (χ0n) is 9.64. The van der Waals surface area contributed by atoms with Gasteiger partial charge < -0.3 is 16.3 Å². The number of hydrogen-bond donors (Lipinski definition) is 3. The molecule has 0 saturated heterocycles. The fraction of sp³-hybridized carbons (Fsp3) is 0.800. The maximum Gasteiger partial charge on any atom is 0.230 e. The fourth-order valence-electron chi connectivity index (χ4n) is 1.90. The molecule has 5 nitrogen and oxygen atoms in total. The summed E-state index contributed by atoms with van der Waals surface area (Å²) in [6.07, 6.45) is 5.36. The number of hydrogen-bond acceptors (Lipinski definition) is 4. The molecule has 16 heavy (non-hydrogen) atoms. The van der Waals surface area contributed by atoms with Gasteiger partial charge in [0.25, 0.3) is 0 Å². The zero-order valence-corrected chi connectivity index (χ0v) is 10.5. The van der Waals surface area contributed by atoms with Crippen molar-refractivity contribution in [1.29, 1.82) is 0 Å². The lowest BCUT2D eigenvalue weighted by atomic mass is 10.1. The van der Waals surface area contributed by atoms with E-state index in [2.05, 4.69) is 16.7 Å². The first-order valence-corrected chi connectivity index (χ1v) is 6.69. The number of nitrogens with zero attached hydrogens (tertiary/aromatic N) is 1. The summed E-state index contributed by atoms with van der Waals surface area (Å²) < 4.78 is 0. The second-order valence-electron chi connectivity index (χ2n) is 4.07. The predicted octanol–water partition coefficient (Wildman–Crippen LogP) is 0.769. The van der Waals surface area contributed by atoms with Gasteiger partial charge in [-0.05, 0) is 26.0 Å². The summed E-state index contributed by atoms with van der Waals surface area (Å²) in [5.74, 6) is -0.787. The molecule has 92 valence electrons. The number of amidine groups is 1. The Hall–Kier alpha value is -0.910. The van der Waals surface area contributed by atoms with Crippen LogP contribution in [-0.2, 0) is 4.79 Å². The van der Waals surface area contributed by atoms with Crippen LogP contribution in [0.5, 0.6) is 0 Å². The van der Waals surface area contributed by atoms with Crippen LogP contribution >= 0.6 is 11.8 Å². The highest BCUT2D eigenvalue weighted by Crippen LogP contribution is 2.28. The normalized spacial score (nSPS) is 27.8. The maximum absolute atomic E-state index is 11.8. The van der Waals surface area contributed by atoms with Crippen LogP contribution in [-0.4, -0.2) is 34.5 Å². The Morgan fingerprint density at radius 3 is 2.88 bits per heavy atom. The quantitative estimate of drug-likeness (QED) is 0.295. The minimum Gasteiger partial charge on any atom is -0.409 e. The lowest BCUT2D eigenvalue weighted by Gasteiger charge is -2.21. The highest BCUT2D eigenvalue weighted by Gasteiger charge is 2.29. The van der Waals surface area contributed by atoms with Crippen LogP contribution in [0, 0.1) is 5.92 Å². The van der Waals surface area contributed by atoms with Crippen LogP contribution < -0.4 is 11.1 Å². The van der Waals surface area contributed by atoms with Crippen molar-refractivity contribution in [3.63, 3.8) is 0 Å². The van der Waals surface area contributed by atoms with Crippen molar-refractivity contribution in [3.05, 3.63) is 0 Å². The highest BCUT2D eigenvalue weighted by molar-refractivity contribution is 7.99. The zero-order chi connectivity index (χ0) is 12.1. The van der Waals surface area contributed by atoms with Crippen molar-refractivity contribution in [2.45, 2.75) is 37.5 Å². The van der Waals surface area contributed by atoms with Gasteiger partial charge in [0, 0.05) is 11.3 Å². The first-order valence-electron chi connectivity index (χ1n) is 5.40. The Balaban J connectivity index is 2.51. The van der Waals surface area contributed by atoms with E-state index >= 15 is 0 Å². The smallest absolute Gasteiger partial charge is 0.230 e. The lowest BCUT2D eigenvalue weighted by molar-refractivity contribution is -0.123. The number of nitrogens with one attached hydrogen (secondary N) is 1. The van der Waals surface area contributed by atoms with Gasteiger partial charge in [-0.3, -0.25) is 4.79 Å². The Morgan fingerprint density at radius 2 is 2.31 bits per heavy atom. The van der Waals surface area contributed by atoms with Crippen molar-refractivity contribution in [3.8, 4) is 0 Å². The van der Waals surface area contributed by atoms with E-state index < -0.39 is 5.92 Å². The summed E-state index contributed by atoms with van der Waals surface area (Å²) in [6, 6.07) is 0.219. The van der Waals surface area contributed by atoms with E-state index in [1.54, 1.807) is 18.7 Å². The standard InChI is InChI=1S/C10H19N3O2S/c1-6(9(11)13-15)10(14)12-7-4-3-5-8(7)16-2/h6-8,15H,3-5H2,1-2H3,(H2,11,13)(H,12,14). The number of amides is 1. The van der Waals surface area contributed by atoms with E-state index in [0.717, 1.165) is 19.3 Å². The Morgan fingerprint density at radius 1 is 1.62 bits per heavy atom. The molecule has 1 aliphatic carbocycles. The molecule has 1 aliphatic rings. The largest absolute Gasteiger partial charge is 0.409 e. The molecule has 1 fully saturated rings. The Kier molecular flexibility index (Phi) is 4.92. The average Bonchev–Trinajstić information content (AvgIpc) is 2.74. The molecule has 6 heteroatoms. The van der Waals surface area contributed by atoms with Gasteiger partial charge in [-0.25, -0.2) is 0 Å². The van der Waals surface area contributed by atoms with Crippen molar-refractivity contribution in [2.75, 3.05) is 6.26 Å². The molecular formula is C10H19N3O2S. The van der Waals surface area contributed by atoms with Gasteiger partial charge in [-0.1, -0.05) is 11.6 Å². The summed E-state index contributed by atoms with van der Waals surface area (Å²) in [6.45, 7) is 1.63. The number of oxime groups is 1. The van der Waals surface area contributed by atoms with Gasteiger partial charge in [-0.15, -0.1) is 0 Å². The number of carbonyl (C=O) groups excluding carboxylic acids is 1. The van der Waals surface area contributed by atoms with Crippen molar-refractivity contribution >= 4 is 23.5 Å². The average molecular weight is 245 g/mol. The van der Waals surface area contributed by atoms with Gasteiger partial charge in [-0.2, -0.15) is 11.8 Å². The topological polar surface area (TPSA) is 87.7 Å². The number of thioether (sulfide) groups is 1. The first-order chi connectivity index (χ1) is 7.60. The first kappa shape index (κ1) is 13.2. The van der Waals surface area contributed by atoms with E-state index in [-0.39, 0.29) is 17.8 Å². The summed E-state index contributed by atoms with van der Waals surface area (Å²) in [5.41, 5.74) is 5.39. The van der Waals surface area contributed by atoms with Gasteiger partial charge in [0.05, 0.1) is 5.92 Å². The second kappa shape index (κ2) is 5.98. The number of carbonyl (C=O) groups is 1. The summed E-state index contributed by atoms with van der Waals surface area (Å²) in [4.78, 5) is 11.8. The van der Waals surface area contributed by atoms with E-state index in [9.17, 15) is 4.79 Å². The summed E-state index contributed by atoms with van der Waals surface area (Å²) in [7, 11) is 0. The third kappa shape index (κ3) is 3.04. The molecule has 1 rings (SSSR count). The summed E-state index contributed by atoms with van der Waals surface area (Å²) in [5, 5.41) is 14.8. The highest BCUT2D eigenvalue weighted by atomic mass is 32.2. The van der Waals surface area contributed by atoms with Crippen LogP contribution in [0.25, 0.3) is 0 Å². The molecular weight excluding hydrogens is 226 g/mol. The molecule has 3 atom stereocenters. The van der Waals surface area contributed by atoms with Gasteiger partial charge >= 0.3 is 0 Å². The molecule has 0 heterocycles. The fourth-order valence-corrected chi connectivity index (χ4v) is 2.84. The van der Waals surface area contributed by atoms with Gasteiger partial charge in [0.2, 0.25) is 5.91 Å². The Labute approximate surface area is 99.8 Å².